The number of benzene rings is 5. The van der Waals surface area contributed by atoms with Gasteiger partial charge >= 0.3 is 19.4 Å². The minimum absolute atomic E-state index is 0.0328. The van der Waals surface area contributed by atoms with Crippen LogP contribution in [0.15, 0.2) is 121 Å². The van der Waals surface area contributed by atoms with E-state index in [1.165, 1.54) is 83.1 Å². The molecule has 0 unspecified atom stereocenters. The van der Waals surface area contributed by atoms with Crippen molar-refractivity contribution in [2.45, 2.75) is 181 Å². The number of ether oxygens (including phenoxy) is 7. The van der Waals surface area contributed by atoms with Crippen LogP contribution < -0.4 is 14.2 Å². The zero-order chi connectivity index (χ0) is 90.8. The summed E-state index contributed by atoms with van der Waals surface area (Å²) in [6.45, 7) is 3.79. The molecule has 7 aliphatic heterocycles. The van der Waals surface area contributed by atoms with Crippen molar-refractivity contribution < 1.29 is 123 Å². The van der Waals surface area contributed by atoms with Crippen molar-refractivity contribution in [1.29, 1.82) is 0 Å². The Morgan fingerprint density at radius 3 is 1.02 bits per heavy atom. The topological polar surface area (TPSA) is 214 Å². The van der Waals surface area contributed by atoms with E-state index in [1.807, 2.05) is 0 Å². The van der Waals surface area contributed by atoms with Gasteiger partial charge in [-0.05, 0) is 205 Å². The van der Waals surface area contributed by atoms with Crippen LogP contribution in [0.1, 0.15) is 191 Å². The van der Waals surface area contributed by atoms with Gasteiger partial charge < -0.3 is 33.2 Å². The van der Waals surface area contributed by atoms with Crippen LogP contribution in [0, 0.1) is 58.4 Å². The summed E-state index contributed by atoms with van der Waals surface area (Å²) in [5.41, 5.74) is 9.36. The van der Waals surface area contributed by atoms with Crippen molar-refractivity contribution in [2.24, 2.45) is 11.8 Å². The highest BCUT2D eigenvalue weighted by Crippen LogP contribution is 2.49. The smallest absolute Gasteiger partial charge is 0.392 e. The van der Waals surface area contributed by atoms with Gasteiger partial charge in [0.05, 0.1) is 43.2 Å². The molecule has 12 heterocycles. The Morgan fingerprint density at radius 1 is 0.389 bits per heavy atom. The molecule has 662 valence electrons. The van der Waals surface area contributed by atoms with Crippen LogP contribution in [0.3, 0.4) is 0 Å². The number of rotatable bonds is 17. The zero-order valence-corrected chi connectivity index (χ0v) is 69.7. The number of fused-ring (bicyclic) bond motifs is 11. The summed E-state index contributed by atoms with van der Waals surface area (Å²) in [6.07, 6.45) is -1.80. The van der Waals surface area contributed by atoms with Gasteiger partial charge in [-0.25, -0.2) is 60.0 Å². The summed E-state index contributed by atoms with van der Waals surface area (Å²) in [5, 5.41) is 0.703. The minimum atomic E-state index is -4.40. The van der Waals surface area contributed by atoms with Gasteiger partial charge in [0.1, 0.15) is 106 Å². The molecule has 0 saturated carbocycles. The van der Waals surface area contributed by atoms with E-state index < -0.39 is 84.8 Å². The molecule has 5 aromatic heterocycles. The Bertz CT molecular complexity index is 5610. The maximum absolute atomic E-state index is 14.4. The van der Waals surface area contributed by atoms with Crippen LogP contribution in [-0.4, -0.2) is 117 Å². The number of halogens is 17. The maximum atomic E-state index is 14.4. The van der Waals surface area contributed by atoms with Crippen molar-refractivity contribution in [3.05, 3.63) is 246 Å². The second-order valence-corrected chi connectivity index (χ2v) is 32.1. The fourth-order valence-electron chi connectivity index (χ4n) is 16.0. The summed E-state index contributed by atoms with van der Waals surface area (Å²) in [4.78, 5) is 80.3. The Hall–Kier alpha value is -11.0. The predicted octanol–water partition coefficient (Wildman–Crippen LogP) is 22.7. The van der Waals surface area contributed by atoms with E-state index in [2.05, 4.69) is 34.4 Å². The molecule has 34 heteroatoms. The van der Waals surface area contributed by atoms with Crippen LogP contribution >= 0.6 is 23.2 Å². The highest BCUT2D eigenvalue weighted by atomic mass is 35.5. The molecule has 7 aliphatic rings. The van der Waals surface area contributed by atoms with Crippen LogP contribution in [0.25, 0.3) is 55.6 Å². The third-order valence-corrected chi connectivity index (χ3v) is 22.7. The molecule has 0 amide bonds. The summed E-state index contributed by atoms with van der Waals surface area (Å²) < 4.78 is 236. The van der Waals surface area contributed by atoms with Crippen LogP contribution in [0.5, 0.6) is 17.6 Å². The van der Waals surface area contributed by atoms with Gasteiger partial charge in [0, 0.05) is 120 Å². The van der Waals surface area contributed by atoms with E-state index in [0.29, 0.717) is 92.1 Å². The van der Waals surface area contributed by atoms with Gasteiger partial charge in [-0.2, -0.15) is 30.7 Å². The molecule has 0 spiro atoms. The minimum Gasteiger partial charge on any atom is -0.474 e. The highest BCUT2D eigenvalue weighted by Gasteiger charge is 2.42. The lowest BCUT2D eigenvalue weighted by atomic mass is 9.88. The second-order valence-electron chi connectivity index (χ2n) is 31.3. The number of alkyl halides is 7. The number of carbonyl (C=O) groups is 5. The summed E-state index contributed by atoms with van der Waals surface area (Å²) >= 11 is 11.7. The first-order chi connectivity index (χ1) is 59.7. The molecule has 10 aromatic rings. The Labute approximate surface area is 721 Å². The Balaban J connectivity index is 0.000000135. The van der Waals surface area contributed by atoms with Crippen LogP contribution in [0.2, 0.25) is 10.0 Å². The number of carbonyl (C=O) groups excluding carboxylic acids is 5. The Kier molecular flexibility index (Phi) is 28.7. The number of hydrogen-bond donors (Lipinski definition) is 0. The van der Waals surface area contributed by atoms with E-state index in [0.717, 1.165) is 89.7 Å². The monoisotopic (exact) mass is 1800 g/mol. The standard InChI is InChI=1S/2C19H17F4NO3.2C18H15ClFNO2.C18H14F5NO2/c2*1-9-5-14-13(12-4-3-11(20)6-15(12)21)7-16(10(2)25)24-18(14)27-17(9)8-26-19(22)23;2*1-9(22)16-8-13(12-4-2-10(19)6-15(12)20)14-7-11-3-5-17(23-11)18(14)21-16;1-9(25)16-7-14(12-4-2-10(19)6-15(12)20)13-5-3-11(8-18(21,22)23)26-17(13)24-16/h2*3-4,6-7,9,17,19H,5,8H2,1-2H3;2*2,4,6,8,11,17H,3,5,7H2,1H3;2,4,6-7,11H,3,5,8H2,1H3/t9-,17+;9-,17-;2*11-,17+;11-/m01101/s1. The fourth-order valence-corrected chi connectivity index (χ4v) is 16.3. The van der Waals surface area contributed by atoms with Gasteiger partial charge in [-0.1, -0.05) is 37.0 Å². The first-order valence-electron chi connectivity index (χ1n) is 39.9. The molecular weight excluding hydrogens is 1720 g/mol. The highest BCUT2D eigenvalue weighted by molar-refractivity contribution is 6.31. The van der Waals surface area contributed by atoms with Gasteiger partial charge in [0.25, 0.3) is 0 Å². The van der Waals surface area contributed by atoms with Gasteiger partial charge in [0.2, 0.25) is 17.6 Å². The van der Waals surface area contributed by atoms with Gasteiger partial charge in [-0.15, -0.1) is 0 Å². The molecule has 17 rings (SSSR count). The number of ketones is 5. The van der Waals surface area contributed by atoms with Crippen LogP contribution in [-0.2, 0) is 51.1 Å². The van der Waals surface area contributed by atoms with E-state index in [4.69, 9.17) is 46.9 Å². The van der Waals surface area contributed by atoms with Crippen molar-refractivity contribution in [3.8, 4) is 73.3 Å². The molecule has 2 saturated heterocycles. The van der Waals surface area contributed by atoms with E-state index in [-0.39, 0.29) is 154 Å². The van der Waals surface area contributed by atoms with E-state index >= 15 is 0 Å². The number of Topliss-reactive ketones (excluding diaryl/α,β-unsaturated/α-hetero) is 5. The average Bonchev–Trinajstić information content (AvgIpc) is 1.16. The number of hydrogen-bond acceptors (Lipinski definition) is 17. The first kappa shape index (κ1) is 92.6. The first-order valence-corrected chi connectivity index (χ1v) is 40.6. The van der Waals surface area contributed by atoms with E-state index in [1.54, 1.807) is 50.2 Å². The third kappa shape index (κ3) is 21.6. The molecule has 4 bridgehead atoms. The van der Waals surface area contributed by atoms with Crippen molar-refractivity contribution in [2.75, 3.05) is 13.2 Å². The lowest BCUT2D eigenvalue weighted by Crippen LogP contribution is -2.36. The molecule has 9 atom stereocenters. The Morgan fingerprint density at radius 2 is 0.698 bits per heavy atom. The third-order valence-electron chi connectivity index (χ3n) is 22.2. The predicted molar refractivity (Wildman–Crippen MR) is 431 cm³/mol. The van der Waals surface area contributed by atoms with E-state index in [9.17, 15) is 89.8 Å². The van der Waals surface area contributed by atoms with Crippen molar-refractivity contribution in [3.63, 3.8) is 0 Å². The average molecular weight is 1800 g/mol. The summed E-state index contributed by atoms with van der Waals surface area (Å²) in [5.74, 6) is -7.26. The zero-order valence-electron chi connectivity index (χ0n) is 68.2. The van der Waals surface area contributed by atoms with Gasteiger partial charge in [-0.3, -0.25) is 24.0 Å². The number of pyridine rings is 5. The van der Waals surface area contributed by atoms with Gasteiger partial charge in [0.15, 0.2) is 28.9 Å². The lowest BCUT2D eigenvalue weighted by Gasteiger charge is -2.32. The molecule has 126 heavy (non-hydrogen) atoms. The molecule has 0 radical (unpaired) electrons. The van der Waals surface area contributed by atoms with Crippen molar-refractivity contribution >= 4 is 52.1 Å². The molecule has 17 nitrogen and oxygen atoms in total. The van der Waals surface area contributed by atoms with Crippen LogP contribution in [0.4, 0.5) is 65.9 Å². The summed E-state index contributed by atoms with van der Waals surface area (Å²) in [7, 11) is 0. The summed E-state index contributed by atoms with van der Waals surface area (Å²) in [6, 6.07) is 26.1. The molecule has 2 fully saturated rings. The molecule has 5 aromatic carbocycles. The van der Waals surface area contributed by atoms with Crippen molar-refractivity contribution in [1.82, 2.24) is 24.9 Å². The lowest BCUT2D eigenvalue weighted by molar-refractivity contribution is -0.152. The number of aromatic nitrogens is 5. The maximum Gasteiger partial charge on any atom is 0.392 e. The SMILES string of the molecule is CC(=O)c1cc(-c2ccc(Cl)cc2F)c2c(n1)[C@@H]1CC[C@H](C2)O1.CC(=O)c1cc(-c2ccc(Cl)cc2F)c2c(n1)[C@H]1CC[C@@H](C2)O1.CC(=O)c1cc(-c2ccc(F)cc2F)c2c(n1)O[C@@H](CC(F)(F)F)CC2.CC(=O)c1cc(-c2ccc(F)cc2F)c2c(n1)O[C@H](COC(F)F)[C@@H](C)C2.CC(=O)c1cc(-c2ccc(F)cc2F)c2c(n1)O[C@H](COC(F)F)[C@H](C)C2. The molecule has 0 aliphatic carbocycles. The normalized spacial score (nSPS) is 19.6. The molecular formula is C92H78Cl2F15N5O12. The largest absolute Gasteiger partial charge is 0.474 e. The fraction of sp³-hybridized carbons (Fsp3) is 0.348. The second kappa shape index (κ2) is 39.1. The quantitative estimate of drug-likeness (QED) is 0.0612. The molecule has 0 N–H and O–H groups in total. The number of nitrogens with zero attached hydrogens (tertiary/aromatic N) is 5.